The van der Waals surface area contributed by atoms with E-state index in [0.717, 1.165) is 37.8 Å². The molecular formula is C20H34IN3O3. The summed E-state index contributed by atoms with van der Waals surface area (Å²) in [4.78, 5) is 4.34. The highest BCUT2D eigenvalue weighted by molar-refractivity contribution is 14.0. The van der Waals surface area contributed by atoms with Gasteiger partial charge < -0.3 is 24.8 Å². The smallest absolute Gasteiger partial charge is 0.191 e. The molecular weight excluding hydrogens is 457 g/mol. The number of nitrogens with one attached hydrogen (secondary N) is 2. The molecule has 1 fully saturated rings. The normalized spacial score (nSPS) is 15.4. The monoisotopic (exact) mass is 491 g/mol. The van der Waals surface area contributed by atoms with Gasteiger partial charge in [0.05, 0.1) is 6.61 Å². The Bertz CT molecular complexity index is 548. The summed E-state index contributed by atoms with van der Waals surface area (Å²) in [5, 5.41) is 6.86. The number of rotatable bonds is 11. The van der Waals surface area contributed by atoms with Crippen LogP contribution in [-0.2, 0) is 16.0 Å². The topological polar surface area (TPSA) is 64.1 Å². The Morgan fingerprint density at radius 3 is 2.30 bits per heavy atom. The van der Waals surface area contributed by atoms with Crippen LogP contribution in [0.1, 0.15) is 31.2 Å². The molecule has 1 aromatic carbocycles. The number of hydrogen-bond donors (Lipinski definition) is 2. The lowest BCUT2D eigenvalue weighted by Gasteiger charge is -2.42. The lowest BCUT2D eigenvalue weighted by molar-refractivity contribution is 0.0732. The molecule has 154 valence electrons. The quantitative estimate of drug-likeness (QED) is 0.216. The summed E-state index contributed by atoms with van der Waals surface area (Å²) in [5.74, 6) is 1.70. The molecule has 0 aromatic heterocycles. The second kappa shape index (κ2) is 13.2. The first kappa shape index (κ1) is 24.0. The van der Waals surface area contributed by atoms with E-state index < -0.39 is 0 Å². The zero-order valence-electron chi connectivity index (χ0n) is 16.8. The summed E-state index contributed by atoms with van der Waals surface area (Å²) in [5.41, 5.74) is 1.55. The van der Waals surface area contributed by atoms with Crippen LogP contribution >= 0.6 is 24.0 Å². The lowest BCUT2D eigenvalue weighted by Crippen LogP contribution is -2.46. The summed E-state index contributed by atoms with van der Waals surface area (Å²) in [6.45, 7) is 3.66. The molecule has 0 bridgehead atoms. The zero-order chi connectivity index (χ0) is 18.7. The molecule has 2 N–H and O–H groups in total. The first-order valence-electron chi connectivity index (χ1n) is 9.35. The number of hydrogen-bond acceptors (Lipinski definition) is 4. The molecule has 1 aromatic rings. The second-order valence-electron chi connectivity index (χ2n) is 6.86. The van der Waals surface area contributed by atoms with Crippen LogP contribution in [0, 0.1) is 5.41 Å². The number of halogens is 1. The van der Waals surface area contributed by atoms with Gasteiger partial charge in [0.15, 0.2) is 5.96 Å². The molecule has 0 unspecified atom stereocenters. The summed E-state index contributed by atoms with van der Waals surface area (Å²) >= 11 is 0. The van der Waals surface area contributed by atoms with E-state index in [2.05, 4.69) is 27.8 Å². The van der Waals surface area contributed by atoms with Crippen LogP contribution < -0.4 is 15.4 Å². The van der Waals surface area contributed by atoms with Gasteiger partial charge in [0, 0.05) is 41.0 Å². The fraction of sp³-hybridized carbons (Fsp3) is 0.650. The highest BCUT2D eigenvalue weighted by Crippen LogP contribution is 2.43. The maximum atomic E-state index is 5.58. The first-order chi connectivity index (χ1) is 12.7. The third kappa shape index (κ3) is 8.23. The van der Waals surface area contributed by atoms with E-state index in [-0.39, 0.29) is 24.0 Å². The van der Waals surface area contributed by atoms with Crippen LogP contribution in [0.5, 0.6) is 5.75 Å². The molecule has 1 aliphatic rings. The lowest BCUT2D eigenvalue weighted by atomic mass is 9.67. The molecule has 6 nitrogen and oxygen atoms in total. The molecule has 2 rings (SSSR count). The van der Waals surface area contributed by atoms with Crippen molar-refractivity contribution in [3.63, 3.8) is 0 Å². The summed E-state index contributed by atoms with van der Waals surface area (Å²) in [6, 6.07) is 8.09. The van der Waals surface area contributed by atoms with Crippen molar-refractivity contribution >= 4 is 29.9 Å². The van der Waals surface area contributed by atoms with Gasteiger partial charge in [-0.1, -0.05) is 18.6 Å². The van der Waals surface area contributed by atoms with Crippen molar-refractivity contribution in [2.75, 3.05) is 47.6 Å². The maximum Gasteiger partial charge on any atom is 0.191 e. The van der Waals surface area contributed by atoms with Gasteiger partial charge in [-0.25, -0.2) is 0 Å². The number of methoxy groups -OCH3 is 2. The van der Waals surface area contributed by atoms with Crippen molar-refractivity contribution in [1.82, 2.24) is 10.6 Å². The van der Waals surface area contributed by atoms with Crippen molar-refractivity contribution in [2.45, 2.75) is 32.2 Å². The van der Waals surface area contributed by atoms with Gasteiger partial charge in [-0.15, -0.1) is 24.0 Å². The fourth-order valence-electron chi connectivity index (χ4n) is 3.13. The molecule has 7 heteroatoms. The Labute approximate surface area is 180 Å². The van der Waals surface area contributed by atoms with Crippen molar-refractivity contribution in [2.24, 2.45) is 10.4 Å². The molecule has 1 saturated carbocycles. The number of ether oxygens (including phenoxy) is 3. The molecule has 27 heavy (non-hydrogen) atoms. The highest BCUT2D eigenvalue weighted by atomic mass is 127. The van der Waals surface area contributed by atoms with Crippen molar-refractivity contribution in [3.05, 3.63) is 29.8 Å². The van der Waals surface area contributed by atoms with E-state index in [0.29, 0.717) is 18.6 Å². The van der Waals surface area contributed by atoms with Crippen LogP contribution in [0.2, 0.25) is 0 Å². The maximum absolute atomic E-state index is 5.58. The number of aliphatic imine (C=N–C) groups is 1. The van der Waals surface area contributed by atoms with Gasteiger partial charge >= 0.3 is 0 Å². The Morgan fingerprint density at radius 2 is 1.74 bits per heavy atom. The molecule has 0 atom stereocenters. The SMILES string of the molecule is CN=C(NCc1ccc(OCCOC)cc1)NCC1(CCOC)CCC1.I. The Morgan fingerprint density at radius 1 is 1.04 bits per heavy atom. The molecule has 0 spiro atoms. The molecule has 0 saturated heterocycles. The number of guanidine groups is 1. The second-order valence-corrected chi connectivity index (χ2v) is 6.86. The molecule has 0 aliphatic heterocycles. The van der Waals surface area contributed by atoms with Gasteiger partial charge in [0.2, 0.25) is 0 Å². The van der Waals surface area contributed by atoms with Crippen molar-refractivity contribution in [1.29, 1.82) is 0 Å². The minimum atomic E-state index is 0. The molecule has 0 amide bonds. The van der Waals surface area contributed by atoms with E-state index in [4.69, 9.17) is 14.2 Å². The van der Waals surface area contributed by atoms with E-state index in [1.54, 1.807) is 14.2 Å². The minimum absolute atomic E-state index is 0. The molecule has 0 radical (unpaired) electrons. The Kier molecular flexibility index (Phi) is 11.7. The van der Waals surface area contributed by atoms with Gasteiger partial charge in [0.25, 0.3) is 0 Å². The van der Waals surface area contributed by atoms with E-state index in [1.165, 1.54) is 24.8 Å². The molecule has 0 heterocycles. The Hall–Kier alpha value is -1.06. The fourth-order valence-corrected chi connectivity index (χ4v) is 3.13. The van der Waals surface area contributed by atoms with Crippen LogP contribution in [0.25, 0.3) is 0 Å². The van der Waals surface area contributed by atoms with Crippen LogP contribution in [-0.4, -0.2) is 53.6 Å². The summed E-state index contributed by atoms with van der Waals surface area (Å²) < 4.78 is 15.8. The van der Waals surface area contributed by atoms with Crippen LogP contribution in [0.4, 0.5) is 0 Å². The van der Waals surface area contributed by atoms with E-state index in [1.807, 2.05) is 19.2 Å². The zero-order valence-corrected chi connectivity index (χ0v) is 19.1. The van der Waals surface area contributed by atoms with Crippen molar-refractivity contribution < 1.29 is 14.2 Å². The van der Waals surface area contributed by atoms with Crippen LogP contribution in [0.3, 0.4) is 0 Å². The third-order valence-electron chi connectivity index (χ3n) is 5.04. The largest absolute Gasteiger partial charge is 0.491 e. The standard InChI is InChI=1S/C20H33N3O3.HI/c1-21-19(23-16-20(9-4-10-20)11-12-24-2)22-15-17-5-7-18(8-6-17)26-14-13-25-3;/h5-8H,4,9-16H2,1-3H3,(H2,21,22,23);1H. The molecule has 1 aliphatic carbocycles. The van der Waals surface area contributed by atoms with Gasteiger partial charge in [-0.3, -0.25) is 4.99 Å². The van der Waals surface area contributed by atoms with Crippen molar-refractivity contribution in [3.8, 4) is 5.75 Å². The number of benzene rings is 1. The highest BCUT2D eigenvalue weighted by Gasteiger charge is 2.36. The Balaban J connectivity index is 0.00000364. The van der Waals surface area contributed by atoms with E-state index >= 15 is 0 Å². The average Bonchev–Trinajstić information content (AvgIpc) is 2.64. The third-order valence-corrected chi connectivity index (χ3v) is 5.04. The van der Waals surface area contributed by atoms with Gasteiger partial charge in [-0.05, 0) is 42.4 Å². The summed E-state index contributed by atoms with van der Waals surface area (Å²) in [6.07, 6.45) is 4.96. The average molecular weight is 491 g/mol. The van der Waals surface area contributed by atoms with Crippen LogP contribution in [0.15, 0.2) is 29.3 Å². The predicted octanol–water partition coefficient (Wildman–Crippen LogP) is 3.20. The van der Waals surface area contributed by atoms with E-state index in [9.17, 15) is 0 Å². The first-order valence-corrected chi connectivity index (χ1v) is 9.35. The predicted molar refractivity (Wildman–Crippen MR) is 120 cm³/mol. The minimum Gasteiger partial charge on any atom is -0.491 e. The summed E-state index contributed by atoms with van der Waals surface area (Å²) in [7, 11) is 5.25. The number of nitrogens with zero attached hydrogens (tertiary/aromatic N) is 1. The van der Waals surface area contributed by atoms with Gasteiger partial charge in [0.1, 0.15) is 12.4 Å². The van der Waals surface area contributed by atoms with Gasteiger partial charge in [-0.2, -0.15) is 0 Å².